The molecule has 1 saturated heterocycles. The van der Waals surface area contributed by atoms with Gasteiger partial charge in [0.2, 0.25) is 0 Å². The average molecular weight is 532 g/mol. The summed E-state index contributed by atoms with van der Waals surface area (Å²) in [6.07, 6.45) is 2.57. The standard InChI is InChI=1S/C22H36N4O3.HI/c1-5-28-19(16(2)3)11-12-24-22(23-4)25-15-17-8-6-9-18(14-17)26-21(27)20-10-7-13-29-20;/h6,8-9,14,16,19-20H,5,7,10-13,15H2,1-4H3,(H,26,27)(H2,23,24,25);1H. The lowest BCUT2D eigenvalue weighted by molar-refractivity contribution is -0.124. The molecule has 0 bridgehead atoms. The molecule has 2 rings (SSSR count). The van der Waals surface area contributed by atoms with Crippen molar-refractivity contribution in [1.82, 2.24) is 10.6 Å². The van der Waals surface area contributed by atoms with E-state index in [1.165, 1.54) is 0 Å². The van der Waals surface area contributed by atoms with Crippen molar-refractivity contribution in [2.24, 2.45) is 10.9 Å². The van der Waals surface area contributed by atoms with E-state index in [0.29, 0.717) is 19.1 Å². The molecule has 170 valence electrons. The van der Waals surface area contributed by atoms with Gasteiger partial charge in [-0.2, -0.15) is 0 Å². The summed E-state index contributed by atoms with van der Waals surface area (Å²) in [6, 6.07) is 7.82. The molecular weight excluding hydrogens is 495 g/mol. The first-order chi connectivity index (χ1) is 14.0. The summed E-state index contributed by atoms with van der Waals surface area (Å²) >= 11 is 0. The van der Waals surface area contributed by atoms with Crippen LogP contribution in [0.25, 0.3) is 0 Å². The molecule has 1 heterocycles. The molecule has 1 aromatic carbocycles. The number of anilines is 1. The van der Waals surface area contributed by atoms with Crippen molar-refractivity contribution < 1.29 is 14.3 Å². The molecule has 30 heavy (non-hydrogen) atoms. The van der Waals surface area contributed by atoms with Crippen molar-refractivity contribution in [1.29, 1.82) is 0 Å². The zero-order valence-electron chi connectivity index (χ0n) is 18.6. The minimum absolute atomic E-state index is 0. The summed E-state index contributed by atoms with van der Waals surface area (Å²) < 4.78 is 11.2. The van der Waals surface area contributed by atoms with Gasteiger partial charge in [0.15, 0.2) is 5.96 Å². The van der Waals surface area contributed by atoms with Gasteiger partial charge in [-0.05, 0) is 49.8 Å². The molecule has 0 aliphatic carbocycles. The maximum atomic E-state index is 12.2. The number of aliphatic imine (C=N–C) groups is 1. The maximum absolute atomic E-state index is 12.2. The second-order valence-corrected chi connectivity index (χ2v) is 7.57. The Morgan fingerprint density at radius 2 is 2.13 bits per heavy atom. The zero-order chi connectivity index (χ0) is 21.1. The number of guanidine groups is 1. The first-order valence-corrected chi connectivity index (χ1v) is 10.6. The summed E-state index contributed by atoms with van der Waals surface area (Å²) in [7, 11) is 1.76. The number of rotatable bonds is 10. The van der Waals surface area contributed by atoms with Gasteiger partial charge in [-0.1, -0.05) is 26.0 Å². The van der Waals surface area contributed by atoms with Gasteiger partial charge in [0.25, 0.3) is 5.91 Å². The SMILES string of the molecule is CCOC(CCNC(=NC)NCc1cccc(NC(=O)C2CCCO2)c1)C(C)C.I. The fourth-order valence-corrected chi connectivity index (χ4v) is 3.33. The molecule has 0 radical (unpaired) electrons. The van der Waals surface area contributed by atoms with E-state index in [1.54, 1.807) is 7.05 Å². The third-order valence-corrected chi connectivity index (χ3v) is 4.95. The van der Waals surface area contributed by atoms with Crippen LogP contribution in [0.2, 0.25) is 0 Å². The molecule has 1 aliphatic rings. The van der Waals surface area contributed by atoms with Crippen LogP contribution in [0, 0.1) is 5.92 Å². The molecule has 1 aliphatic heterocycles. The molecular formula is C22H37IN4O3. The van der Waals surface area contributed by atoms with Crippen LogP contribution in [0.5, 0.6) is 0 Å². The highest BCUT2D eigenvalue weighted by atomic mass is 127. The highest BCUT2D eigenvalue weighted by Crippen LogP contribution is 2.16. The van der Waals surface area contributed by atoms with Crippen LogP contribution < -0.4 is 16.0 Å². The zero-order valence-corrected chi connectivity index (χ0v) is 20.9. The molecule has 8 heteroatoms. The summed E-state index contributed by atoms with van der Waals surface area (Å²) in [4.78, 5) is 16.5. The summed E-state index contributed by atoms with van der Waals surface area (Å²) in [5, 5.41) is 9.60. The van der Waals surface area contributed by atoms with Crippen molar-refractivity contribution >= 4 is 41.5 Å². The lowest BCUT2D eigenvalue weighted by Crippen LogP contribution is -2.39. The van der Waals surface area contributed by atoms with Gasteiger partial charge >= 0.3 is 0 Å². The third kappa shape index (κ3) is 9.18. The number of hydrogen-bond donors (Lipinski definition) is 3. The molecule has 7 nitrogen and oxygen atoms in total. The van der Waals surface area contributed by atoms with E-state index in [1.807, 2.05) is 31.2 Å². The largest absolute Gasteiger partial charge is 0.378 e. The first kappa shape index (κ1) is 26.6. The molecule has 0 saturated carbocycles. The highest BCUT2D eigenvalue weighted by molar-refractivity contribution is 14.0. The number of amides is 1. The number of halogens is 1. The van der Waals surface area contributed by atoms with Crippen LogP contribution in [0.1, 0.15) is 45.6 Å². The Bertz CT molecular complexity index is 664. The summed E-state index contributed by atoms with van der Waals surface area (Å²) in [6.45, 7) is 9.19. The second-order valence-electron chi connectivity index (χ2n) is 7.57. The van der Waals surface area contributed by atoms with Crippen LogP contribution in [-0.4, -0.2) is 50.9 Å². The Labute approximate surface area is 197 Å². The van der Waals surface area contributed by atoms with Crippen LogP contribution in [0.3, 0.4) is 0 Å². The van der Waals surface area contributed by atoms with E-state index in [-0.39, 0.29) is 42.1 Å². The van der Waals surface area contributed by atoms with Gasteiger partial charge in [-0.15, -0.1) is 24.0 Å². The monoisotopic (exact) mass is 532 g/mol. The van der Waals surface area contributed by atoms with E-state index < -0.39 is 0 Å². The maximum Gasteiger partial charge on any atom is 0.253 e. The number of carbonyl (C=O) groups is 1. The molecule has 1 fully saturated rings. The third-order valence-electron chi connectivity index (χ3n) is 4.95. The predicted octanol–water partition coefficient (Wildman–Crippen LogP) is 3.54. The van der Waals surface area contributed by atoms with E-state index >= 15 is 0 Å². The van der Waals surface area contributed by atoms with Crippen LogP contribution >= 0.6 is 24.0 Å². The van der Waals surface area contributed by atoms with Gasteiger partial charge in [0.05, 0.1) is 6.10 Å². The lowest BCUT2D eigenvalue weighted by atomic mass is 10.0. The van der Waals surface area contributed by atoms with Crippen molar-refractivity contribution in [3.63, 3.8) is 0 Å². The van der Waals surface area contributed by atoms with E-state index in [0.717, 1.165) is 49.6 Å². The number of nitrogens with one attached hydrogen (secondary N) is 3. The summed E-state index contributed by atoms with van der Waals surface area (Å²) in [5.74, 6) is 1.16. The van der Waals surface area contributed by atoms with Crippen LogP contribution in [0.4, 0.5) is 5.69 Å². The van der Waals surface area contributed by atoms with Crippen molar-refractivity contribution in [2.75, 3.05) is 32.1 Å². The molecule has 2 atom stereocenters. The van der Waals surface area contributed by atoms with Gasteiger partial charge < -0.3 is 25.4 Å². The molecule has 2 unspecified atom stereocenters. The number of ether oxygens (including phenoxy) is 2. The molecule has 3 N–H and O–H groups in total. The number of benzene rings is 1. The van der Waals surface area contributed by atoms with Crippen LogP contribution in [-0.2, 0) is 20.8 Å². The fourth-order valence-electron chi connectivity index (χ4n) is 3.33. The Hall–Kier alpha value is -1.39. The lowest BCUT2D eigenvalue weighted by Gasteiger charge is -2.21. The average Bonchev–Trinajstić information content (AvgIpc) is 3.25. The first-order valence-electron chi connectivity index (χ1n) is 10.6. The van der Waals surface area contributed by atoms with Gasteiger partial charge in [0.1, 0.15) is 6.10 Å². The van der Waals surface area contributed by atoms with E-state index in [4.69, 9.17) is 9.47 Å². The summed E-state index contributed by atoms with van der Waals surface area (Å²) in [5.41, 5.74) is 1.84. The number of hydrogen-bond acceptors (Lipinski definition) is 4. The fraction of sp³-hybridized carbons (Fsp3) is 0.636. The topological polar surface area (TPSA) is 84.0 Å². The number of nitrogens with zero attached hydrogens (tertiary/aromatic N) is 1. The van der Waals surface area contributed by atoms with Gasteiger partial charge in [0, 0.05) is 39.0 Å². The quantitative estimate of drug-likeness (QED) is 0.244. The normalized spacial score (nSPS) is 17.4. The van der Waals surface area contributed by atoms with Gasteiger partial charge in [-0.3, -0.25) is 9.79 Å². The minimum atomic E-state index is -0.328. The Balaban J connectivity index is 0.00000450. The molecule has 1 amide bonds. The van der Waals surface area contributed by atoms with E-state index in [9.17, 15) is 4.79 Å². The predicted molar refractivity (Wildman–Crippen MR) is 133 cm³/mol. The minimum Gasteiger partial charge on any atom is -0.378 e. The van der Waals surface area contributed by atoms with E-state index in [2.05, 4.69) is 34.8 Å². The number of carbonyl (C=O) groups excluding carboxylic acids is 1. The van der Waals surface area contributed by atoms with Crippen molar-refractivity contribution in [3.05, 3.63) is 29.8 Å². The Morgan fingerprint density at radius 3 is 2.77 bits per heavy atom. The van der Waals surface area contributed by atoms with Crippen molar-refractivity contribution in [3.8, 4) is 0 Å². The van der Waals surface area contributed by atoms with Gasteiger partial charge in [-0.25, -0.2) is 0 Å². The molecule has 1 aromatic rings. The molecule has 0 aromatic heterocycles. The second kappa shape index (κ2) is 14.6. The molecule has 0 spiro atoms. The Morgan fingerprint density at radius 1 is 1.33 bits per heavy atom. The smallest absolute Gasteiger partial charge is 0.253 e. The Kier molecular flexibility index (Phi) is 13.0. The van der Waals surface area contributed by atoms with Crippen LogP contribution in [0.15, 0.2) is 29.3 Å². The van der Waals surface area contributed by atoms with Crippen molar-refractivity contribution in [2.45, 2.75) is 58.8 Å². The highest BCUT2D eigenvalue weighted by Gasteiger charge is 2.23.